The van der Waals surface area contributed by atoms with Crippen molar-refractivity contribution in [2.75, 3.05) is 6.54 Å². The molecule has 0 heterocycles. The van der Waals surface area contributed by atoms with Gasteiger partial charge in [-0.05, 0) is 55.0 Å². The van der Waals surface area contributed by atoms with Crippen molar-refractivity contribution >= 4 is 28.9 Å². The number of hydrogen-bond acceptors (Lipinski definition) is 4. The van der Waals surface area contributed by atoms with Crippen molar-refractivity contribution in [2.24, 2.45) is 0 Å². The molecule has 0 spiro atoms. The molecule has 2 rings (SSSR count). The number of rotatable bonds is 5. The minimum atomic E-state index is -0.959. The zero-order valence-corrected chi connectivity index (χ0v) is 14.6. The number of aromatic hydroxyl groups is 2. The van der Waals surface area contributed by atoms with Gasteiger partial charge in [-0.1, -0.05) is 23.7 Å². The van der Waals surface area contributed by atoms with Gasteiger partial charge in [-0.25, -0.2) is 0 Å². The molecule has 1 unspecified atom stereocenters. The first-order valence-electron chi connectivity index (χ1n) is 7.36. The third kappa shape index (κ3) is 4.99. The molecule has 0 aliphatic carbocycles. The van der Waals surface area contributed by atoms with Crippen LogP contribution in [0.25, 0.3) is 0 Å². The average Bonchev–Trinajstić information content (AvgIpc) is 2.54. The maximum Gasteiger partial charge on any atom is 0.166 e. The van der Waals surface area contributed by atoms with Crippen LogP contribution in [-0.2, 0) is 0 Å². The van der Waals surface area contributed by atoms with E-state index in [0.29, 0.717) is 15.7 Å². The third-order valence-electron chi connectivity index (χ3n) is 3.52. The fourth-order valence-electron chi connectivity index (χ4n) is 2.22. The molecule has 0 aliphatic rings. The highest BCUT2D eigenvalue weighted by Crippen LogP contribution is 2.27. The van der Waals surface area contributed by atoms with Crippen molar-refractivity contribution in [3.63, 3.8) is 0 Å². The fourth-order valence-corrected chi connectivity index (χ4v) is 2.66. The summed E-state index contributed by atoms with van der Waals surface area (Å²) in [5.41, 5.74) is 1.21. The fraction of sp³-hybridized carbons (Fsp3) is 0.235. The monoisotopic (exact) mass is 366 g/mol. The molecule has 0 radical (unpaired) electrons. The second-order valence-corrected chi connectivity index (χ2v) is 6.23. The van der Waals surface area contributed by atoms with Crippen LogP contribution in [0.5, 0.6) is 11.5 Å². The summed E-state index contributed by atoms with van der Waals surface area (Å²) in [6.45, 7) is 2.02. The Morgan fingerprint density at radius 3 is 2.67 bits per heavy atom. The standard InChI is InChI=1S/C17H19ClN2O3S/c1-10(11-3-2-4-13(21)7-11)20-17(24)19-9-16(23)14-8-12(18)5-6-15(14)22/h2-8,10,16,21-23H,9H2,1H3,(H2,19,20,24)/t10-,16?/m1/s1. The van der Waals surface area contributed by atoms with E-state index in [0.717, 1.165) is 5.56 Å². The molecule has 2 aromatic carbocycles. The molecule has 5 N–H and O–H groups in total. The predicted molar refractivity (Wildman–Crippen MR) is 98.3 cm³/mol. The van der Waals surface area contributed by atoms with E-state index >= 15 is 0 Å². The number of phenolic OH excluding ortho intramolecular Hbond substituents is 2. The summed E-state index contributed by atoms with van der Waals surface area (Å²) in [7, 11) is 0. The van der Waals surface area contributed by atoms with Gasteiger partial charge in [0.2, 0.25) is 0 Å². The van der Waals surface area contributed by atoms with Crippen molar-refractivity contribution < 1.29 is 15.3 Å². The van der Waals surface area contributed by atoms with E-state index in [2.05, 4.69) is 10.6 Å². The van der Waals surface area contributed by atoms with Crippen LogP contribution in [0.2, 0.25) is 5.02 Å². The number of aliphatic hydroxyl groups excluding tert-OH is 1. The number of hydrogen-bond donors (Lipinski definition) is 5. The Labute approximate surface area is 150 Å². The Hall–Kier alpha value is -2.02. The lowest BCUT2D eigenvalue weighted by Crippen LogP contribution is -2.38. The van der Waals surface area contributed by atoms with Crippen LogP contribution < -0.4 is 10.6 Å². The molecule has 0 aliphatic heterocycles. The molecule has 0 amide bonds. The zero-order chi connectivity index (χ0) is 17.7. The van der Waals surface area contributed by atoms with Crippen LogP contribution in [0, 0.1) is 0 Å². The molecule has 2 atom stereocenters. The van der Waals surface area contributed by atoms with E-state index < -0.39 is 6.10 Å². The first-order chi connectivity index (χ1) is 11.4. The Kier molecular flexibility index (Phi) is 6.25. The highest BCUT2D eigenvalue weighted by molar-refractivity contribution is 7.80. The number of thiocarbonyl (C=S) groups is 1. The third-order valence-corrected chi connectivity index (χ3v) is 4.02. The first kappa shape index (κ1) is 18.3. The van der Waals surface area contributed by atoms with Gasteiger partial charge in [-0.15, -0.1) is 0 Å². The molecule has 24 heavy (non-hydrogen) atoms. The smallest absolute Gasteiger partial charge is 0.166 e. The molecule has 7 heteroatoms. The average molecular weight is 367 g/mol. The second-order valence-electron chi connectivity index (χ2n) is 5.39. The first-order valence-corrected chi connectivity index (χ1v) is 8.15. The van der Waals surface area contributed by atoms with E-state index in [1.54, 1.807) is 24.3 Å². The number of aliphatic hydroxyl groups is 1. The Morgan fingerprint density at radius 1 is 1.21 bits per heavy atom. The number of phenols is 2. The highest BCUT2D eigenvalue weighted by Gasteiger charge is 2.14. The molecular formula is C17H19ClN2O3S. The van der Waals surface area contributed by atoms with Crippen molar-refractivity contribution in [3.05, 3.63) is 58.6 Å². The van der Waals surface area contributed by atoms with Crippen LogP contribution in [0.3, 0.4) is 0 Å². The van der Waals surface area contributed by atoms with Crippen LogP contribution >= 0.6 is 23.8 Å². The largest absolute Gasteiger partial charge is 0.508 e. The summed E-state index contributed by atoms with van der Waals surface area (Å²) in [6.07, 6.45) is -0.959. The van der Waals surface area contributed by atoms with E-state index in [1.807, 2.05) is 13.0 Å². The summed E-state index contributed by atoms with van der Waals surface area (Å²) >= 11 is 11.1. The van der Waals surface area contributed by atoms with Gasteiger partial charge in [0.25, 0.3) is 0 Å². The summed E-state index contributed by atoms with van der Waals surface area (Å²) in [5.74, 6) is 0.160. The van der Waals surface area contributed by atoms with E-state index in [9.17, 15) is 15.3 Å². The van der Waals surface area contributed by atoms with Gasteiger partial charge in [0.05, 0.1) is 12.1 Å². The Balaban J connectivity index is 1.89. The Bertz CT molecular complexity index is 727. The van der Waals surface area contributed by atoms with Gasteiger partial charge >= 0.3 is 0 Å². The molecular weight excluding hydrogens is 348 g/mol. The number of benzene rings is 2. The van der Waals surface area contributed by atoms with Crippen LogP contribution in [0.4, 0.5) is 0 Å². The van der Waals surface area contributed by atoms with Crippen molar-refractivity contribution in [3.8, 4) is 11.5 Å². The second kappa shape index (κ2) is 8.19. The van der Waals surface area contributed by atoms with Crippen molar-refractivity contribution in [2.45, 2.75) is 19.1 Å². The Morgan fingerprint density at radius 2 is 1.96 bits per heavy atom. The molecule has 0 bridgehead atoms. The molecule has 0 saturated carbocycles. The van der Waals surface area contributed by atoms with Crippen molar-refractivity contribution in [1.82, 2.24) is 10.6 Å². The van der Waals surface area contributed by atoms with Crippen LogP contribution in [-0.4, -0.2) is 27.0 Å². The summed E-state index contributed by atoms with van der Waals surface area (Å²) in [5, 5.41) is 36.2. The lowest BCUT2D eigenvalue weighted by molar-refractivity contribution is 0.177. The number of halogens is 1. The summed E-state index contributed by atoms with van der Waals surface area (Å²) < 4.78 is 0. The van der Waals surface area contributed by atoms with E-state index in [4.69, 9.17) is 23.8 Å². The van der Waals surface area contributed by atoms with Gasteiger partial charge in [0, 0.05) is 17.1 Å². The summed E-state index contributed by atoms with van der Waals surface area (Å²) in [6, 6.07) is 11.2. The van der Waals surface area contributed by atoms with Crippen LogP contribution in [0.15, 0.2) is 42.5 Å². The molecule has 0 saturated heterocycles. The molecule has 0 aromatic heterocycles. The van der Waals surface area contributed by atoms with Gasteiger partial charge < -0.3 is 26.0 Å². The predicted octanol–water partition coefficient (Wildman–Crippen LogP) is 3.01. The lowest BCUT2D eigenvalue weighted by Gasteiger charge is -2.19. The molecule has 0 fully saturated rings. The normalized spacial score (nSPS) is 13.1. The van der Waals surface area contributed by atoms with Gasteiger partial charge in [0.15, 0.2) is 5.11 Å². The minimum absolute atomic E-state index is 0.0271. The van der Waals surface area contributed by atoms with Gasteiger partial charge in [0.1, 0.15) is 11.5 Å². The maximum atomic E-state index is 10.2. The van der Waals surface area contributed by atoms with Crippen molar-refractivity contribution in [1.29, 1.82) is 0 Å². The van der Waals surface area contributed by atoms with Gasteiger partial charge in [-0.2, -0.15) is 0 Å². The van der Waals surface area contributed by atoms with E-state index in [-0.39, 0.29) is 24.1 Å². The van der Waals surface area contributed by atoms with E-state index in [1.165, 1.54) is 12.1 Å². The zero-order valence-electron chi connectivity index (χ0n) is 13.0. The lowest BCUT2D eigenvalue weighted by atomic mass is 10.1. The molecule has 2 aromatic rings. The number of nitrogens with one attached hydrogen (secondary N) is 2. The molecule has 128 valence electrons. The topological polar surface area (TPSA) is 84.8 Å². The SMILES string of the molecule is C[C@@H](NC(=S)NCC(O)c1cc(Cl)ccc1O)c1cccc(O)c1. The summed E-state index contributed by atoms with van der Waals surface area (Å²) in [4.78, 5) is 0. The highest BCUT2D eigenvalue weighted by atomic mass is 35.5. The minimum Gasteiger partial charge on any atom is -0.508 e. The van der Waals surface area contributed by atoms with Gasteiger partial charge in [-0.3, -0.25) is 0 Å². The quantitative estimate of drug-likeness (QED) is 0.523. The maximum absolute atomic E-state index is 10.2. The van der Waals surface area contributed by atoms with Crippen LogP contribution in [0.1, 0.15) is 30.2 Å². The molecule has 5 nitrogen and oxygen atoms in total.